The maximum atomic E-state index is 8.96. The third-order valence-electron chi connectivity index (χ3n) is 2.83. The predicted octanol–water partition coefficient (Wildman–Crippen LogP) is 1.79. The average molecular weight is 245 g/mol. The van der Waals surface area contributed by atoms with E-state index in [0.29, 0.717) is 0 Å². The molecule has 1 aromatic carbocycles. The molecule has 0 amide bonds. The van der Waals surface area contributed by atoms with E-state index in [4.69, 9.17) is 5.11 Å². The van der Waals surface area contributed by atoms with E-state index in [1.54, 1.807) is 6.20 Å². The minimum Gasteiger partial charge on any atom is -0.396 e. The number of aromatic nitrogens is 2. The summed E-state index contributed by atoms with van der Waals surface area (Å²) in [6.45, 7) is 2.83. The van der Waals surface area contributed by atoms with Crippen LogP contribution >= 0.6 is 0 Å². The summed E-state index contributed by atoms with van der Waals surface area (Å²) in [5.41, 5.74) is 2.39. The molecule has 4 heteroatoms. The van der Waals surface area contributed by atoms with Crippen molar-refractivity contribution in [2.24, 2.45) is 0 Å². The van der Waals surface area contributed by atoms with Gasteiger partial charge in [0.2, 0.25) is 0 Å². The summed E-state index contributed by atoms with van der Waals surface area (Å²) in [5.74, 6) is 0. The zero-order valence-corrected chi connectivity index (χ0v) is 10.4. The molecule has 0 radical (unpaired) electrons. The lowest BCUT2D eigenvalue weighted by atomic mass is 10.2. The van der Waals surface area contributed by atoms with Gasteiger partial charge in [0.1, 0.15) is 0 Å². The van der Waals surface area contributed by atoms with Crippen LogP contribution in [0, 0.1) is 0 Å². The van der Waals surface area contributed by atoms with Crippen molar-refractivity contribution >= 4 is 0 Å². The number of aliphatic hydroxyl groups is 1. The average Bonchev–Trinajstić information content (AvgIpc) is 2.90. The lowest BCUT2D eigenvalue weighted by molar-refractivity contribution is 0.211. The van der Waals surface area contributed by atoms with Gasteiger partial charge in [-0.1, -0.05) is 30.3 Å². The molecule has 0 unspecified atom stereocenters. The van der Waals surface area contributed by atoms with Crippen molar-refractivity contribution in [2.75, 3.05) is 13.2 Å². The van der Waals surface area contributed by atoms with Crippen LogP contribution in [-0.2, 0) is 13.1 Å². The number of H-pyrrole nitrogens is 1. The number of aliphatic hydroxyl groups excluding tert-OH is 1. The number of nitrogens with zero attached hydrogens (tertiary/aromatic N) is 2. The standard InChI is InChI=1S/C14H19N3O/c18-10-4-9-17(12-14-7-8-15-16-14)11-13-5-2-1-3-6-13/h1-3,5-8,18H,4,9-12H2,(H,15,16). The molecule has 0 bridgehead atoms. The smallest absolute Gasteiger partial charge is 0.0492 e. The van der Waals surface area contributed by atoms with E-state index in [2.05, 4.69) is 39.4 Å². The number of nitrogens with one attached hydrogen (secondary N) is 1. The number of aromatic amines is 1. The molecule has 0 atom stereocenters. The van der Waals surface area contributed by atoms with Gasteiger partial charge in [0.25, 0.3) is 0 Å². The second-order valence-corrected chi connectivity index (χ2v) is 4.36. The maximum absolute atomic E-state index is 8.96. The summed E-state index contributed by atoms with van der Waals surface area (Å²) < 4.78 is 0. The monoisotopic (exact) mass is 245 g/mol. The van der Waals surface area contributed by atoms with Crippen LogP contribution in [0.15, 0.2) is 42.6 Å². The molecule has 1 aromatic heterocycles. The van der Waals surface area contributed by atoms with E-state index in [-0.39, 0.29) is 6.61 Å². The highest BCUT2D eigenvalue weighted by atomic mass is 16.3. The Labute approximate surface area is 107 Å². The molecular weight excluding hydrogens is 226 g/mol. The Morgan fingerprint density at radius 1 is 1.11 bits per heavy atom. The van der Waals surface area contributed by atoms with Gasteiger partial charge in [-0.25, -0.2) is 0 Å². The Morgan fingerprint density at radius 2 is 1.94 bits per heavy atom. The highest BCUT2D eigenvalue weighted by Crippen LogP contribution is 2.08. The lowest BCUT2D eigenvalue weighted by Gasteiger charge is -2.21. The fourth-order valence-electron chi connectivity index (χ4n) is 1.96. The molecule has 0 spiro atoms. The van der Waals surface area contributed by atoms with E-state index >= 15 is 0 Å². The quantitative estimate of drug-likeness (QED) is 0.782. The van der Waals surface area contributed by atoms with Crippen LogP contribution in [0.1, 0.15) is 17.7 Å². The number of rotatable bonds is 7. The first-order chi connectivity index (χ1) is 8.88. The summed E-state index contributed by atoms with van der Waals surface area (Å²) in [4.78, 5) is 2.30. The number of hydrogen-bond donors (Lipinski definition) is 2. The molecule has 0 saturated heterocycles. The van der Waals surface area contributed by atoms with E-state index in [9.17, 15) is 0 Å². The van der Waals surface area contributed by atoms with Gasteiger partial charge in [-0.3, -0.25) is 10.00 Å². The highest BCUT2D eigenvalue weighted by Gasteiger charge is 2.07. The Morgan fingerprint density at radius 3 is 2.61 bits per heavy atom. The second-order valence-electron chi connectivity index (χ2n) is 4.36. The van der Waals surface area contributed by atoms with Gasteiger partial charge < -0.3 is 5.11 Å². The zero-order chi connectivity index (χ0) is 12.6. The molecule has 0 aliphatic carbocycles. The Hall–Kier alpha value is -1.65. The van der Waals surface area contributed by atoms with Crippen molar-refractivity contribution in [3.63, 3.8) is 0 Å². The van der Waals surface area contributed by atoms with Crippen LogP contribution < -0.4 is 0 Å². The van der Waals surface area contributed by atoms with Crippen molar-refractivity contribution in [2.45, 2.75) is 19.5 Å². The van der Waals surface area contributed by atoms with Crippen LogP contribution in [0.3, 0.4) is 0 Å². The van der Waals surface area contributed by atoms with E-state index in [1.807, 2.05) is 12.1 Å². The van der Waals surface area contributed by atoms with Gasteiger partial charge in [0, 0.05) is 38.1 Å². The number of hydrogen-bond acceptors (Lipinski definition) is 3. The second kappa shape index (κ2) is 6.93. The zero-order valence-electron chi connectivity index (χ0n) is 10.4. The van der Waals surface area contributed by atoms with Crippen LogP contribution in [0.25, 0.3) is 0 Å². The van der Waals surface area contributed by atoms with Gasteiger partial charge in [0.15, 0.2) is 0 Å². The van der Waals surface area contributed by atoms with E-state index in [1.165, 1.54) is 5.56 Å². The molecule has 4 nitrogen and oxygen atoms in total. The first-order valence-electron chi connectivity index (χ1n) is 6.24. The van der Waals surface area contributed by atoms with Gasteiger partial charge in [-0.15, -0.1) is 0 Å². The molecule has 0 aliphatic rings. The van der Waals surface area contributed by atoms with Crippen LogP contribution in [0.4, 0.5) is 0 Å². The first-order valence-corrected chi connectivity index (χ1v) is 6.24. The highest BCUT2D eigenvalue weighted by molar-refractivity contribution is 5.14. The lowest BCUT2D eigenvalue weighted by Crippen LogP contribution is -2.24. The molecule has 2 rings (SSSR count). The fourth-order valence-corrected chi connectivity index (χ4v) is 1.96. The van der Waals surface area contributed by atoms with Gasteiger partial charge in [-0.05, 0) is 18.1 Å². The van der Waals surface area contributed by atoms with Gasteiger partial charge in [0.05, 0.1) is 0 Å². The number of benzene rings is 1. The van der Waals surface area contributed by atoms with Crippen molar-refractivity contribution in [3.05, 3.63) is 53.9 Å². The molecular formula is C14H19N3O. The van der Waals surface area contributed by atoms with Crippen LogP contribution in [0.5, 0.6) is 0 Å². The molecule has 0 saturated carbocycles. The first kappa shape index (κ1) is 12.8. The maximum Gasteiger partial charge on any atom is 0.0492 e. The summed E-state index contributed by atoms with van der Waals surface area (Å²) in [5, 5.41) is 15.9. The molecule has 2 N–H and O–H groups in total. The Bertz CT molecular complexity index is 428. The van der Waals surface area contributed by atoms with Gasteiger partial charge in [-0.2, -0.15) is 5.10 Å². The van der Waals surface area contributed by atoms with Crippen LogP contribution in [-0.4, -0.2) is 33.4 Å². The van der Waals surface area contributed by atoms with E-state index in [0.717, 1.165) is 31.7 Å². The normalized spacial score (nSPS) is 11.0. The van der Waals surface area contributed by atoms with E-state index < -0.39 is 0 Å². The Balaban J connectivity index is 1.96. The fraction of sp³-hybridized carbons (Fsp3) is 0.357. The SMILES string of the molecule is OCCCN(Cc1ccccc1)Cc1ccn[nH]1. The Kier molecular flexibility index (Phi) is 4.93. The molecule has 96 valence electrons. The minimum atomic E-state index is 0.230. The summed E-state index contributed by atoms with van der Waals surface area (Å²) in [7, 11) is 0. The largest absolute Gasteiger partial charge is 0.396 e. The molecule has 0 aliphatic heterocycles. The van der Waals surface area contributed by atoms with Crippen molar-refractivity contribution in [1.29, 1.82) is 0 Å². The molecule has 0 fully saturated rings. The van der Waals surface area contributed by atoms with Crippen molar-refractivity contribution in [3.8, 4) is 0 Å². The minimum absolute atomic E-state index is 0.230. The molecule has 18 heavy (non-hydrogen) atoms. The summed E-state index contributed by atoms with van der Waals surface area (Å²) in [6.07, 6.45) is 2.56. The topological polar surface area (TPSA) is 52.1 Å². The van der Waals surface area contributed by atoms with Gasteiger partial charge >= 0.3 is 0 Å². The molecule has 1 heterocycles. The van der Waals surface area contributed by atoms with Crippen molar-refractivity contribution < 1.29 is 5.11 Å². The van der Waals surface area contributed by atoms with Crippen LogP contribution in [0.2, 0.25) is 0 Å². The third-order valence-corrected chi connectivity index (χ3v) is 2.83. The summed E-state index contributed by atoms with van der Waals surface area (Å²) in [6, 6.07) is 12.4. The predicted molar refractivity (Wildman–Crippen MR) is 70.8 cm³/mol. The third kappa shape index (κ3) is 3.98. The van der Waals surface area contributed by atoms with Crippen molar-refractivity contribution in [1.82, 2.24) is 15.1 Å². The molecule has 2 aromatic rings. The summed E-state index contributed by atoms with van der Waals surface area (Å²) >= 11 is 0.